The molecule has 0 atom stereocenters. The molecule has 7 heteroatoms. The van der Waals surface area contributed by atoms with E-state index in [4.69, 9.17) is 16.3 Å². The molecule has 0 saturated heterocycles. The highest BCUT2D eigenvalue weighted by molar-refractivity contribution is 14.1. The first-order chi connectivity index (χ1) is 10.5. The molecule has 0 saturated carbocycles. The Kier molecular flexibility index (Phi) is 6.22. The van der Waals surface area contributed by atoms with Crippen molar-refractivity contribution >= 4 is 67.7 Å². The van der Waals surface area contributed by atoms with Gasteiger partial charge >= 0.3 is 5.97 Å². The molecule has 0 aliphatic heterocycles. The van der Waals surface area contributed by atoms with E-state index in [9.17, 15) is 9.59 Å². The van der Waals surface area contributed by atoms with E-state index in [1.807, 2.05) is 6.07 Å². The molecule has 4 nitrogen and oxygen atoms in total. The Morgan fingerprint density at radius 2 is 2.00 bits per heavy atom. The Labute approximate surface area is 154 Å². The molecule has 0 aromatic heterocycles. The SMILES string of the molecule is O=C(COC(=O)c1cccc(I)c1)Nc1ccc(Br)cc1Cl. The van der Waals surface area contributed by atoms with Crippen LogP contribution in [-0.4, -0.2) is 18.5 Å². The highest BCUT2D eigenvalue weighted by Gasteiger charge is 2.11. The number of esters is 1. The van der Waals surface area contributed by atoms with Crippen LogP contribution in [0.3, 0.4) is 0 Å². The van der Waals surface area contributed by atoms with E-state index in [-0.39, 0.29) is 6.61 Å². The van der Waals surface area contributed by atoms with Gasteiger partial charge in [-0.05, 0) is 59.0 Å². The maximum Gasteiger partial charge on any atom is 0.338 e. The summed E-state index contributed by atoms with van der Waals surface area (Å²) in [5.74, 6) is -1.00. The standard InChI is InChI=1S/C15H10BrClINO3/c16-10-4-5-13(12(17)7-10)19-14(20)8-22-15(21)9-2-1-3-11(18)6-9/h1-7H,8H2,(H,19,20). The second-order valence-electron chi connectivity index (χ2n) is 4.26. The minimum absolute atomic E-state index is 0.378. The lowest BCUT2D eigenvalue weighted by Gasteiger charge is -2.08. The van der Waals surface area contributed by atoms with Crippen molar-refractivity contribution in [1.82, 2.24) is 0 Å². The Bertz CT molecular complexity index is 724. The maximum atomic E-state index is 11.8. The largest absolute Gasteiger partial charge is 0.452 e. The van der Waals surface area contributed by atoms with Crippen LogP contribution in [0.2, 0.25) is 5.02 Å². The van der Waals surface area contributed by atoms with Crippen LogP contribution in [0.25, 0.3) is 0 Å². The smallest absolute Gasteiger partial charge is 0.338 e. The molecule has 0 spiro atoms. The van der Waals surface area contributed by atoms with Crippen LogP contribution in [0.4, 0.5) is 5.69 Å². The van der Waals surface area contributed by atoms with Gasteiger partial charge in [0, 0.05) is 8.04 Å². The molecule has 0 unspecified atom stereocenters. The number of anilines is 1. The van der Waals surface area contributed by atoms with Gasteiger partial charge in [-0.2, -0.15) is 0 Å². The lowest BCUT2D eigenvalue weighted by molar-refractivity contribution is -0.119. The third-order valence-electron chi connectivity index (χ3n) is 2.60. The molecule has 0 aliphatic rings. The van der Waals surface area contributed by atoms with Gasteiger partial charge in [0.15, 0.2) is 6.61 Å². The van der Waals surface area contributed by atoms with Gasteiger partial charge in [-0.25, -0.2) is 4.79 Å². The predicted molar refractivity (Wildman–Crippen MR) is 97.2 cm³/mol. The number of halogens is 3. The number of carbonyl (C=O) groups is 2. The number of carbonyl (C=O) groups excluding carboxylic acids is 2. The van der Waals surface area contributed by atoms with E-state index in [0.29, 0.717) is 16.3 Å². The van der Waals surface area contributed by atoms with Crippen molar-refractivity contribution in [2.24, 2.45) is 0 Å². The molecule has 22 heavy (non-hydrogen) atoms. The molecular weight excluding hydrogens is 484 g/mol. The number of benzene rings is 2. The van der Waals surface area contributed by atoms with Crippen LogP contribution in [0.5, 0.6) is 0 Å². The van der Waals surface area contributed by atoms with Crippen molar-refractivity contribution in [1.29, 1.82) is 0 Å². The third-order valence-corrected chi connectivity index (χ3v) is 4.08. The van der Waals surface area contributed by atoms with Gasteiger partial charge in [0.05, 0.1) is 16.3 Å². The zero-order valence-corrected chi connectivity index (χ0v) is 15.6. The Morgan fingerprint density at radius 1 is 1.23 bits per heavy atom. The van der Waals surface area contributed by atoms with Crippen LogP contribution < -0.4 is 5.32 Å². The fourth-order valence-corrected chi connectivity index (χ4v) is 2.87. The first-order valence-corrected chi connectivity index (χ1v) is 8.38. The monoisotopic (exact) mass is 493 g/mol. The molecule has 1 amide bonds. The predicted octanol–water partition coefficient (Wildman–Crippen LogP) is 4.50. The zero-order valence-electron chi connectivity index (χ0n) is 11.1. The van der Waals surface area contributed by atoms with E-state index in [0.717, 1.165) is 8.04 Å². The van der Waals surface area contributed by atoms with Crippen molar-refractivity contribution in [2.75, 3.05) is 11.9 Å². The summed E-state index contributed by atoms with van der Waals surface area (Å²) in [6.45, 7) is -0.378. The highest BCUT2D eigenvalue weighted by Crippen LogP contribution is 2.25. The minimum Gasteiger partial charge on any atom is -0.452 e. The lowest BCUT2D eigenvalue weighted by Crippen LogP contribution is -2.21. The van der Waals surface area contributed by atoms with Crippen LogP contribution in [0.15, 0.2) is 46.9 Å². The normalized spacial score (nSPS) is 10.1. The highest BCUT2D eigenvalue weighted by atomic mass is 127. The van der Waals surface area contributed by atoms with Gasteiger partial charge < -0.3 is 10.1 Å². The number of hydrogen-bond donors (Lipinski definition) is 1. The van der Waals surface area contributed by atoms with Gasteiger partial charge in [0.2, 0.25) is 0 Å². The van der Waals surface area contributed by atoms with Crippen molar-refractivity contribution in [2.45, 2.75) is 0 Å². The topological polar surface area (TPSA) is 55.4 Å². The molecule has 0 heterocycles. The van der Waals surface area contributed by atoms with Gasteiger partial charge in [0.1, 0.15) is 0 Å². The quantitative estimate of drug-likeness (QED) is 0.503. The molecule has 0 fully saturated rings. The number of rotatable bonds is 4. The van der Waals surface area contributed by atoms with Crippen LogP contribution in [-0.2, 0) is 9.53 Å². The van der Waals surface area contributed by atoms with Crippen LogP contribution >= 0.6 is 50.1 Å². The molecule has 2 aromatic rings. The molecule has 2 rings (SSSR count). The molecule has 0 radical (unpaired) electrons. The molecule has 0 aliphatic carbocycles. The Balaban J connectivity index is 1.91. The van der Waals surface area contributed by atoms with Crippen LogP contribution in [0, 0.1) is 3.57 Å². The second-order valence-corrected chi connectivity index (χ2v) is 6.83. The van der Waals surface area contributed by atoms with E-state index in [2.05, 4.69) is 43.8 Å². The summed E-state index contributed by atoms with van der Waals surface area (Å²) in [7, 11) is 0. The average molecular weight is 495 g/mol. The zero-order chi connectivity index (χ0) is 16.1. The molecule has 114 valence electrons. The van der Waals surface area contributed by atoms with Crippen molar-refractivity contribution in [3.63, 3.8) is 0 Å². The summed E-state index contributed by atoms with van der Waals surface area (Å²) >= 11 is 11.4. The van der Waals surface area contributed by atoms with E-state index in [1.54, 1.807) is 36.4 Å². The molecular formula is C15H10BrClINO3. The maximum absolute atomic E-state index is 11.8. The summed E-state index contributed by atoms with van der Waals surface area (Å²) in [6, 6.07) is 12.0. The number of amides is 1. The van der Waals surface area contributed by atoms with Gasteiger partial charge in [-0.1, -0.05) is 33.6 Å². The summed E-state index contributed by atoms with van der Waals surface area (Å²) in [5, 5.41) is 2.98. The summed E-state index contributed by atoms with van der Waals surface area (Å²) in [6.07, 6.45) is 0. The van der Waals surface area contributed by atoms with Crippen molar-refractivity contribution in [3.8, 4) is 0 Å². The minimum atomic E-state index is -0.546. The van der Waals surface area contributed by atoms with E-state index >= 15 is 0 Å². The van der Waals surface area contributed by atoms with Gasteiger partial charge in [-0.3, -0.25) is 4.79 Å². The molecule has 0 bridgehead atoms. The lowest BCUT2D eigenvalue weighted by atomic mass is 10.2. The molecule has 1 N–H and O–H groups in total. The van der Waals surface area contributed by atoms with E-state index in [1.165, 1.54) is 0 Å². The van der Waals surface area contributed by atoms with Crippen molar-refractivity contribution < 1.29 is 14.3 Å². The summed E-state index contributed by atoms with van der Waals surface area (Å²) in [5.41, 5.74) is 0.863. The number of hydrogen-bond acceptors (Lipinski definition) is 3. The van der Waals surface area contributed by atoms with Gasteiger partial charge in [-0.15, -0.1) is 0 Å². The van der Waals surface area contributed by atoms with E-state index < -0.39 is 11.9 Å². The van der Waals surface area contributed by atoms with Crippen molar-refractivity contribution in [3.05, 3.63) is 61.1 Å². The Hall–Kier alpha value is -1.12. The Morgan fingerprint density at radius 3 is 2.68 bits per heavy atom. The third kappa shape index (κ3) is 4.96. The fraction of sp³-hybridized carbons (Fsp3) is 0.0667. The van der Waals surface area contributed by atoms with Gasteiger partial charge in [0.25, 0.3) is 5.91 Å². The first-order valence-electron chi connectivity index (χ1n) is 6.13. The van der Waals surface area contributed by atoms with Crippen LogP contribution in [0.1, 0.15) is 10.4 Å². The average Bonchev–Trinajstić information content (AvgIpc) is 2.47. The second kappa shape index (κ2) is 7.94. The summed E-state index contributed by atoms with van der Waals surface area (Å²) < 4.78 is 6.70. The number of ether oxygens (including phenoxy) is 1. The fourth-order valence-electron chi connectivity index (χ4n) is 1.61. The first kappa shape index (κ1) is 17.2. The summed E-state index contributed by atoms with van der Waals surface area (Å²) in [4.78, 5) is 23.6. The molecule has 2 aromatic carbocycles. The number of nitrogens with one attached hydrogen (secondary N) is 1.